The van der Waals surface area contributed by atoms with Crippen LogP contribution in [0.1, 0.15) is 0 Å². The fourth-order valence-corrected chi connectivity index (χ4v) is 2.02. The molecule has 0 aliphatic carbocycles. The normalized spacial score (nSPS) is 9.09. The zero-order chi connectivity index (χ0) is 8.10. The van der Waals surface area contributed by atoms with Gasteiger partial charge in [0.1, 0.15) is 0 Å². The third-order valence-corrected chi connectivity index (χ3v) is 2.94. The van der Waals surface area contributed by atoms with E-state index in [0.717, 1.165) is 6.29 Å². The molecule has 0 bridgehead atoms. The molecule has 1 nitrogen and oxygen atoms in total. The molecule has 0 heterocycles. The van der Waals surface area contributed by atoms with Crippen molar-refractivity contribution in [2.45, 2.75) is 0 Å². The molecule has 1 aromatic rings. The summed E-state index contributed by atoms with van der Waals surface area (Å²) in [5.41, 5.74) is 0. The van der Waals surface area contributed by atoms with E-state index in [1.807, 2.05) is 30.3 Å². The number of carbonyl (C=O) groups is 1. The van der Waals surface area contributed by atoms with Gasteiger partial charge in [-0.3, -0.25) is 0 Å². The van der Waals surface area contributed by atoms with Gasteiger partial charge in [0.15, 0.2) is 0 Å². The van der Waals surface area contributed by atoms with Crippen LogP contribution in [0.2, 0.25) is 0 Å². The summed E-state index contributed by atoms with van der Waals surface area (Å²) in [7, 11) is 0. The molecule has 0 aromatic heterocycles. The summed E-state index contributed by atoms with van der Waals surface area (Å²) in [6.07, 6.45) is 0.826. The molecule has 1 aromatic carbocycles. The van der Waals surface area contributed by atoms with Gasteiger partial charge in [0.05, 0.1) is 0 Å². The third kappa shape index (κ3) is 2.70. The van der Waals surface area contributed by atoms with Crippen LogP contribution in [0.5, 0.6) is 0 Å². The fourth-order valence-electron chi connectivity index (χ4n) is 0.664. The summed E-state index contributed by atoms with van der Waals surface area (Å²) in [5, 5.41) is 0. The first kappa shape index (κ1) is 8.25. The Morgan fingerprint density at radius 2 is 2.00 bits per heavy atom. The van der Waals surface area contributed by atoms with E-state index >= 15 is 0 Å². The molecule has 1 rings (SSSR count). The van der Waals surface area contributed by atoms with Gasteiger partial charge in [-0.25, -0.2) is 0 Å². The maximum atomic E-state index is 10.2. The van der Waals surface area contributed by atoms with E-state index in [1.54, 1.807) is 0 Å². The molecule has 0 N–H and O–H groups in total. The first-order valence-electron chi connectivity index (χ1n) is 3.20. The molecule has 0 aliphatic heterocycles. The van der Waals surface area contributed by atoms with E-state index in [2.05, 4.69) is 6.58 Å². The van der Waals surface area contributed by atoms with Crippen molar-refractivity contribution in [1.29, 1.82) is 0 Å². The number of aldehydes is 1. The molecule has 56 valence electrons. The molecule has 0 aliphatic rings. The zero-order valence-electron chi connectivity index (χ0n) is 5.99. The van der Waals surface area contributed by atoms with E-state index in [1.165, 1.54) is 4.46 Å². The number of benzene rings is 1. The van der Waals surface area contributed by atoms with E-state index in [0.29, 0.717) is 4.47 Å². The van der Waals surface area contributed by atoms with Gasteiger partial charge in [-0.05, 0) is 0 Å². The van der Waals surface area contributed by atoms with Gasteiger partial charge in [-0.1, -0.05) is 0 Å². The van der Waals surface area contributed by atoms with Gasteiger partial charge >= 0.3 is 71.9 Å². The minimum atomic E-state index is 0.114. The molecular formula is C9H8OSe. The Labute approximate surface area is 72.3 Å². The minimum absolute atomic E-state index is 0.114. The number of rotatable bonds is 3. The van der Waals surface area contributed by atoms with Crippen molar-refractivity contribution in [1.82, 2.24) is 0 Å². The molecule has 0 amide bonds. The first-order chi connectivity index (χ1) is 5.33. The molecule has 0 fully saturated rings. The Bertz CT molecular complexity index is 254. The van der Waals surface area contributed by atoms with Gasteiger partial charge in [0.25, 0.3) is 0 Å². The second kappa shape index (κ2) is 4.12. The van der Waals surface area contributed by atoms with Crippen LogP contribution in [-0.4, -0.2) is 21.2 Å². The second-order valence-corrected chi connectivity index (χ2v) is 4.52. The van der Waals surface area contributed by atoms with Crippen LogP contribution < -0.4 is 4.46 Å². The van der Waals surface area contributed by atoms with Crippen molar-refractivity contribution in [3.8, 4) is 0 Å². The summed E-state index contributed by atoms with van der Waals surface area (Å²) >= 11 is 0.114. The maximum absolute atomic E-state index is 10.2. The van der Waals surface area contributed by atoms with Gasteiger partial charge < -0.3 is 0 Å². The summed E-state index contributed by atoms with van der Waals surface area (Å²) in [6.45, 7) is 3.63. The predicted octanol–water partition coefficient (Wildman–Crippen LogP) is 0.729. The molecule has 2 heteroatoms. The summed E-state index contributed by atoms with van der Waals surface area (Å²) in [6, 6.07) is 9.91. The number of carbonyl (C=O) groups excluding carboxylic acids is 1. The van der Waals surface area contributed by atoms with Crippen molar-refractivity contribution in [2.24, 2.45) is 0 Å². The van der Waals surface area contributed by atoms with E-state index in [4.69, 9.17) is 0 Å². The van der Waals surface area contributed by atoms with Crippen LogP contribution in [0.3, 0.4) is 0 Å². The molecule has 0 unspecified atom stereocenters. The average molecular weight is 211 g/mol. The Hall–Kier alpha value is -0.851. The molecular weight excluding hydrogens is 203 g/mol. The van der Waals surface area contributed by atoms with Crippen molar-refractivity contribution in [2.75, 3.05) is 0 Å². The third-order valence-electron chi connectivity index (χ3n) is 1.12. The SMILES string of the molecule is C=C(C=O)[Se]c1ccccc1. The Balaban J connectivity index is 2.65. The fraction of sp³-hybridized carbons (Fsp3) is 0. The average Bonchev–Trinajstić information content (AvgIpc) is 2.06. The zero-order valence-corrected chi connectivity index (χ0v) is 7.70. The van der Waals surface area contributed by atoms with Crippen LogP contribution in [0, 0.1) is 0 Å². The van der Waals surface area contributed by atoms with E-state index in [9.17, 15) is 4.79 Å². The van der Waals surface area contributed by atoms with Crippen molar-refractivity contribution in [3.63, 3.8) is 0 Å². The van der Waals surface area contributed by atoms with Crippen molar-refractivity contribution < 1.29 is 4.79 Å². The molecule has 0 radical (unpaired) electrons. The molecule has 0 atom stereocenters. The van der Waals surface area contributed by atoms with Gasteiger partial charge in [0, 0.05) is 0 Å². The first-order valence-corrected chi connectivity index (χ1v) is 4.91. The monoisotopic (exact) mass is 212 g/mol. The molecule has 0 saturated carbocycles. The van der Waals surface area contributed by atoms with Crippen molar-refractivity contribution in [3.05, 3.63) is 41.4 Å². The predicted molar refractivity (Wildman–Crippen MR) is 47.0 cm³/mol. The second-order valence-electron chi connectivity index (χ2n) is 2.00. The Morgan fingerprint density at radius 1 is 1.36 bits per heavy atom. The van der Waals surface area contributed by atoms with Gasteiger partial charge in [0.2, 0.25) is 0 Å². The summed E-state index contributed by atoms with van der Waals surface area (Å²) in [5.74, 6) is 0. The van der Waals surface area contributed by atoms with Crippen LogP contribution in [0.4, 0.5) is 0 Å². The van der Waals surface area contributed by atoms with Crippen LogP contribution in [0.15, 0.2) is 41.4 Å². The number of hydrogen-bond acceptors (Lipinski definition) is 1. The van der Waals surface area contributed by atoms with Gasteiger partial charge in [-0.15, -0.1) is 0 Å². The summed E-state index contributed by atoms with van der Waals surface area (Å²) < 4.78 is 1.88. The molecule has 0 spiro atoms. The molecule has 11 heavy (non-hydrogen) atoms. The van der Waals surface area contributed by atoms with Crippen LogP contribution in [-0.2, 0) is 4.79 Å². The van der Waals surface area contributed by atoms with E-state index < -0.39 is 0 Å². The number of allylic oxidation sites excluding steroid dienone is 1. The summed E-state index contributed by atoms with van der Waals surface area (Å²) in [4.78, 5) is 10.2. The number of hydrogen-bond donors (Lipinski definition) is 0. The van der Waals surface area contributed by atoms with Gasteiger partial charge in [-0.2, -0.15) is 0 Å². The molecule has 0 saturated heterocycles. The van der Waals surface area contributed by atoms with E-state index in [-0.39, 0.29) is 15.0 Å². The topological polar surface area (TPSA) is 17.1 Å². The quantitative estimate of drug-likeness (QED) is 0.409. The Kier molecular flexibility index (Phi) is 3.09. The van der Waals surface area contributed by atoms with Crippen molar-refractivity contribution >= 4 is 25.7 Å². The van der Waals surface area contributed by atoms with Crippen LogP contribution in [0.25, 0.3) is 0 Å². The van der Waals surface area contributed by atoms with Crippen LogP contribution >= 0.6 is 0 Å². The Morgan fingerprint density at radius 3 is 2.55 bits per heavy atom. The standard InChI is InChI=1S/C9H8OSe/c1-8(7-10)11-9-5-3-2-4-6-9/h2-7H,1H2.